The molecule has 1 saturated heterocycles. The first kappa shape index (κ1) is 17.7. The largest absolute Gasteiger partial charge is 0.496 e. The number of methoxy groups -OCH3 is 2. The molecule has 0 spiro atoms. The van der Waals surface area contributed by atoms with Gasteiger partial charge in [-0.15, -0.1) is 6.58 Å². The van der Waals surface area contributed by atoms with E-state index in [1.165, 1.54) is 17.1 Å². The second-order valence-corrected chi connectivity index (χ2v) is 5.46. The first-order valence-corrected chi connectivity index (χ1v) is 7.56. The Balaban J connectivity index is 2.49. The fourth-order valence-corrected chi connectivity index (χ4v) is 2.60. The summed E-state index contributed by atoms with van der Waals surface area (Å²) in [4.78, 5) is 25.9. The van der Waals surface area contributed by atoms with Gasteiger partial charge in [0.1, 0.15) is 17.1 Å². The maximum Gasteiger partial charge on any atom is 0.265 e. The third kappa shape index (κ3) is 3.30. The van der Waals surface area contributed by atoms with E-state index in [0.717, 1.165) is 5.56 Å². The first-order valence-electron chi connectivity index (χ1n) is 7.15. The monoisotopic (exact) mass is 346 g/mol. The van der Waals surface area contributed by atoms with Gasteiger partial charge in [0, 0.05) is 12.1 Å². The summed E-state index contributed by atoms with van der Waals surface area (Å²) in [6, 6.07) is 3.46. The van der Waals surface area contributed by atoms with Crippen LogP contribution in [0.25, 0.3) is 6.08 Å². The number of rotatable bonds is 5. The minimum atomic E-state index is -0.538. The zero-order chi connectivity index (χ0) is 17.9. The van der Waals surface area contributed by atoms with Gasteiger partial charge in [-0.1, -0.05) is 6.08 Å². The number of thiocarbonyl (C=S) groups is 1. The molecule has 0 radical (unpaired) electrons. The molecule has 2 amide bonds. The third-order valence-electron chi connectivity index (χ3n) is 3.58. The van der Waals surface area contributed by atoms with Gasteiger partial charge in [-0.25, -0.2) is 0 Å². The Labute approximate surface area is 145 Å². The number of amides is 2. The maximum absolute atomic E-state index is 12.5. The smallest absolute Gasteiger partial charge is 0.265 e. The van der Waals surface area contributed by atoms with Crippen LogP contribution < -0.4 is 14.8 Å². The fraction of sp³-hybridized carbons (Fsp3) is 0.235. The second kappa shape index (κ2) is 7.27. The maximum atomic E-state index is 12.5. The van der Waals surface area contributed by atoms with E-state index < -0.39 is 11.8 Å². The van der Waals surface area contributed by atoms with E-state index in [2.05, 4.69) is 11.9 Å². The second-order valence-electron chi connectivity index (χ2n) is 5.07. The molecule has 1 aliphatic heterocycles. The highest BCUT2D eigenvalue weighted by Crippen LogP contribution is 2.30. The summed E-state index contributed by atoms with van der Waals surface area (Å²) < 4.78 is 10.6. The van der Waals surface area contributed by atoms with E-state index in [0.29, 0.717) is 17.1 Å². The van der Waals surface area contributed by atoms with Gasteiger partial charge in [0.25, 0.3) is 11.8 Å². The van der Waals surface area contributed by atoms with Crippen molar-refractivity contribution in [2.75, 3.05) is 20.8 Å². The highest BCUT2D eigenvalue weighted by Gasteiger charge is 2.32. The van der Waals surface area contributed by atoms with Gasteiger partial charge in [0.15, 0.2) is 5.11 Å². The third-order valence-corrected chi connectivity index (χ3v) is 3.91. The molecule has 7 heteroatoms. The Morgan fingerprint density at radius 2 is 1.83 bits per heavy atom. The SMILES string of the molecule is C=CCN1C(=O)C(=Cc2cc(OC)c(C)c(OC)c2)C(=O)NC1=S. The normalized spacial score (nSPS) is 16.2. The number of nitrogens with one attached hydrogen (secondary N) is 1. The molecule has 1 N–H and O–H groups in total. The van der Waals surface area contributed by atoms with Crippen LogP contribution >= 0.6 is 12.2 Å². The summed E-state index contributed by atoms with van der Waals surface area (Å²) in [6.45, 7) is 5.66. The average molecular weight is 346 g/mol. The van der Waals surface area contributed by atoms with Crippen LogP contribution in [0.2, 0.25) is 0 Å². The zero-order valence-corrected chi connectivity index (χ0v) is 14.5. The lowest BCUT2D eigenvalue weighted by atomic mass is 10.0. The minimum absolute atomic E-state index is 0.0154. The molecule has 2 rings (SSSR count). The molecule has 0 saturated carbocycles. The van der Waals surface area contributed by atoms with Gasteiger partial charge < -0.3 is 9.47 Å². The quantitative estimate of drug-likeness (QED) is 0.381. The Bertz CT molecular complexity index is 730. The van der Waals surface area contributed by atoms with E-state index >= 15 is 0 Å². The van der Waals surface area contributed by atoms with Crippen molar-refractivity contribution in [1.82, 2.24) is 10.2 Å². The zero-order valence-electron chi connectivity index (χ0n) is 13.7. The molecule has 1 heterocycles. The summed E-state index contributed by atoms with van der Waals surface area (Å²) >= 11 is 5.02. The van der Waals surface area contributed by atoms with Crippen molar-refractivity contribution < 1.29 is 19.1 Å². The van der Waals surface area contributed by atoms with Crippen LogP contribution in [0, 0.1) is 6.92 Å². The van der Waals surface area contributed by atoms with Crippen molar-refractivity contribution >= 4 is 35.2 Å². The van der Waals surface area contributed by atoms with Crippen molar-refractivity contribution in [1.29, 1.82) is 0 Å². The lowest BCUT2D eigenvalue weighted by Gasteiger charge is -2.27. The molecule has 0 aliphatic carbocycles. The highest BCUT2D eigenvalue weighted by molar-refractivity contribution is 7.80. The van der Waals surface area contributed by atoms with Gasteiger partial charge in [-0.3, -0.25) is 19.8 Å². The van der Waals surface area contributed by atoms with Crippen LogP contribution in [-0.4, -0.2) is 42.6 Å². The topological polar surface area (TPSA) is 67.9 Å². The lowest BCUT2D eigenvalue weighted by Crippen LogP contribution is -2.53. The molecule has 6 nitrogen and oxygen atoms in total. The molecule has 1 fully saturated rings. The molecular formula is C17H18N2O4S. The van der Waals surface area contributed by atoms with Crippen molar-refractivity contribution in [2.45, 2.75) is 6.92 Å². The predicted octanol–water partition coefficient (Wildman–Crippen LogP) is 1.82. The molecule has 1 aromatic carbocycles. The number of nitrogens with zero attached hydrogens (tertiary/aromatic N) is 1. The van der Waals surface area contributed by atoms with E-state index in [-0.39, 0.29) is 17.2 Å². The van der Waals surface area contributed by atoms with E-state index in [9.17, 15) is 9.59 Å². The van der Waals surface area contributed by atoms with Crippen LogP contribution in [0.3, 0.4) is 0 Å². The molecular weight excluding hydrogens is 328 g/mol. The molecule has 0 aromatic heterocycles. The molecule has 24 heavy (non-hydrogen) atoms. The molecule has 1 aliphatic rings. The van der Waals surface area contributed by atoms with E-state index in [4.69, 9.17) is 21.7 Å². The van der Waals surface area contributed by atoms with Crippen LogP contribution in [0.15, 0.2) is 30.4 Å². The highest BCUT2D eigenvalue weighted by atomic mass is 32.1. The Hall–Kier alpha value is -2.67. The lowest BCUT2D eigenvalue weighted by molar-refractivity contribution is -0.128. The summed E-state index contributed by atoms with van der Waals surface area (Å²) in [6.07, 6.45) is 3.03. The van der Waals surface area contributed by atoms with E-state index in [1.807, 2.05) is 6.92 Å². The molecule has 0 atom stereocenters. The number of carbonyl (C=O) groups excluding carboxylic acids is 2. The Morgan fingerprint density at radius 1 is 1.25 bits per heavy atom. The number of benzene rings is 1. The van der Waals surface area contributed by atoms with E-state index in [1.54, 1.807) is 26.4 Å². The van der Waals surface area contributed by atoms with Gasteiger partial charge in [-0.2, -0.15) is 0 Å². The summed E-state index contributed by atoms with van der Waals surface area (Å²) in [5.74, 6) is 0.192. The average Bonchev–Trinajstić information content (AvgIpc) is 2.56. The van der Waals surface area contributed by atoms with Crippen LogP contribution in [0.1, 0.15) is 11.1 Å². The summed E-state index contributed by atoms with van der Waals surface area (Å²) in [5, 5.41) is 2.57. The Kier molecular flexibility index (Phi) is 5.35. The number of hydrogen-bond acceptors (Lipinski definition) is 5. The van der Waals surface area contributed by atoms with Crippen LogP contribution in [0.5, 0.6) is 11.5 Å². The summed E-state index contributed by atoms with van der Waals surface area (Å²) in [5.41, 5.74) is 1.42. The number of hydrogen-bond donors (Lipinski definition) is 1. The van der Waals surface area contributed by atoms with Crippen molar-refractivity contribution in [2.24, 2.45) is 0 Å². The minimum Gasteiger partial charge on any atom is -0.496 e. The van der Waals surface area contributed by atoms with Crippen molar-refractivity contribution in [3.05, 3.63) is 41.5 Å². The first-order chi connectivity index (χ1) is 11.4. The molecule has 126 valence electrons. The van der Waals surface area contributed by atoms with Gasteiger partial charge in [0.2, 0.25) is 0 Å². The standard InChI is InChI=1S/C17H18N2O4S/c1-5-6-19-16(21)12(15(20)18-17(19)24)7-11-8-13(22-3)10(2)14(9-11)23-4/h5,7-9H,1,6H2,2-4H3,(H,18,20,24). The number of carbonyl (C=O) groups is 2. The summed E-state index contributed by atoms with van der Waals surface area (Å²) in [7, 11) is 3.09. The van der Waals surface area contributed by atoms with Crippen LogP contribution in [0.4, 0.5) is 0 Å². The van der Waals surface area contributed by atoms with Gasteiger partial charge in [-0.05, 0) is 42.9 Å². The molecule has 0 bridgehead atoms. The number of ether oxygens (including phenoxy) is 2. The van der Waals surface area contributed by atoms with Crippen molar-refractivity contribution in [3.63, 3.8) is 0 Å². The predicted molar refractivity (Wildman–Crippen MR) is 94.9 cm³/mol. The van der Waals surface area contributed by atoms with Crippen molar-refractivity contribution in [3.8, 4) is 11.5 Å². The molecule has 1 aromatic rings. The van der Waals surface area contributed by atoms with Gasteiger partial charge in [0.05, 0.1) is 14.2 Å². The Morgan fingerprint density at radius 3 is 2.33 bits per heavy atom. The fourth-order valence-electron chi connectivity index (χ4n) is 2.35. The molecule has 0 unspecified atom stereocenters. The van der Waals surface area contributed by atoms with Gasteiger partial charge >= 0.3 is 0 Å². The van der Waals surface area contributed by atoms with Crippen LogP contribution in [-0.2, 0) is 9.59 Å².